The van der Waals surface area contributed by atoms with Crippen LogP contribution < -0.4 is 10.2 Å². The number of benzene rings is 2. The Morgan fingerprint density at radius 3 is 2.38 bits per heavy atom. The van der Waals surface area contributed by atoms with Crippen LogP contribution in [0.5, 0.6) is 0 Å². The second-order valence-corrected chi connectivity index (χ2v) is 5.62. The maximum atomic E-state index is 13.9. The van der Waals surface area contributed by atoms with E-state index in [-0.39, 0.29) is 11.6 Å². The minimum absolute atomic E-state index is 0.0966. The lowest BCUT2D eigenvalue weighted by Gasteiger charge is -2.23. The molecule has 26 heavy (non-hydrogen) atoms. The van der Waals surface area contributed by atoms with Crippen molar-refractivity contribution in [1.29, 1.82) is 0 Å². The van der Waals surface area contributed by atoms with E-state index < -0.39 is 17.5 Å². The van der Waals surface area contributed by atoms with E-state index in [1.807, 2.05) is 42.2 Å². The van der Waals surface area contributed by atoms with Gasteiger partial charge in [0.05, 0.1) is 5.69 Å². The number of anilines is 4. The van der Waals surface area contributed by atoms with Gasteiger partial charge in [0.1, 0.15) is 5.82 Å². The van der Waals surface area contributed by atoms with Gasteiger partial charge in [0.25, 0.3) is 0 Å². The van der Waals surface area contributed by atoms with Crippen molar-refractivity contribution in [3.05, 3.63) is 71.7 Å². The van der Waals surface area contributed by atoms with Crippen molar-refractivity contribution in [3.63, 3.8) is 0 Å². The molecule has 2 aromatic carbocycles. The number of hydrogen-bond donors (Lipinski definition) is 1. The van der Waals surface area contributed by atoms with Gasteiger partial charge in [0, 0.05) is 24.0 Å². The molecule has 0 aliphatic heterocycles. The molecule has 4 nitrogen and oxygen atoms in total. The molecule has 0 amide bonds. The molecule has 7 heteroatoms. The Morgan fingerprint density at radius 2 is 1.69 bits per heavy atom. The Bertz CT molecular complexity index is 916. The second kappa shape index (κ2) is 7.43. The van der Waals surface area contributed by atoms with Crippen molar-refractivity contribution in [2.24, 2.45) is 0 Å². The van der Waals surface area contributed by atoms with Gasteiger partial charge >= 0.3 is 0 Å². The fourth-order valence-electron chi connectivity index (χ4n) is 2.57. The van der Waals surface area contributed by atoms with Crippen molar-refractivity contribution >= 4 is 23.1 Å². The van der Waals surface area contributed by atoms with E-state index in [0.717, 1.165) is 17.8 Å². The standard InChI is InChI=1S/C19H17F3N4/c1-3-26(13-7-5-4-6-8-13)16-11-12(2)23-19(25-16)24-15-10-9-14(20)17(21)18(15)22/h4-11H,3H2,1-2H3,(H,23,24,25). The molecule has 0 atom stereocenters. The van der Waals surface area contributed by atoms with Gasteiger partial charge in [-0.1, -0.05) is 18.2 Å². The van der Waals surface area contributed by atoms with E-state index in [0.29, 0.717) is 18.1 Å². The van der Waals surface area contributed by atoms with Crippen LogP contribution in [0.25, 0.3) is 0 Å². The Balaban J connectivity index is 1.97. The molecule has 0 saturated heterocycles. The quantitative estimate of drug-likeness (QED) is 0.644. The number of nitrogens with zero attached hydrogens (tertiary/aromatic N) is 3. The van der Waals surface area contributed by atoms with Crippen LogP contribution in [0, 0.1) is 24.4 Å². The summed E-state index contributed by atoms with van der Waals surface area (Å²) >= 11 is 0. The average molecular weight is 358 g/mol. The minimum Gasteiger partial charge on any atom is -0.326 e. The number of aromatic nitrogens is 2. The maximum absolute atomic E-state index is 13.9. The van der Waals surface area contributed by atoms with E-state index in [1.165, 1.54) is 0 Å². The Morgan fingerprint density at radius 1 is 0.962 bits per heavy atom. The number of rotatable bonds is 5. The monoisotopic (exact) mass is 358 g/mol. The molecule has 0 unspecified atom stereocenters. The molecule has 1 heterocycles. The zero-order valence-electron chi connectivity index (χ0n) is 14.3. The third kappa shape index (κ3) is 3.61. The SMILES string of the molecule is CCN(c1ccccc1)c1cc(C)nc(Nc2ccc(F)c(F)c2F)n1. The molecule has 134 valence electrons. The first kappa shape index (κ1) is 17.7. The highest BCUT2D eigenvalue weighted by Gasteiger charge is 2.16. The molecule has 3 aromatic rings. The summed E-state index contributed by atoms with van der Waals surface area (Å²) in [6.45, 7) is 4.41. The molecular formula is C19H17F3N4. The summed E-state index contributed by atoms with van der Waals surface area (Å²) in [6, 6.07) is 13.4. The molecular weight excluding hydrogens is 341 g/mol. The first-order valence-electron chi connectivity index (χ1n) is 8.08. The second-order valence-electron chi connectivity index (χ2n) is 5.62. The van der Waals surface area contributed by atoms with Gasteiger partial charge < -0.3 is 10.2 Å². The third-order valence-corrected chi connectivity index (χ3v) is 3.78. The highest BCUT2D eigenvalue weighted by molar-refractivity contribution is 5.63. The lowest BCUT2D eigenvalue weighted by Crippen LogP contribution is -2.18. The number of hydrogen-bond acceptors (Lipinski definition) is 4. The van der Waals surface area contributed by atoms with E-state index in [1.54, 1.807) is 13.0 Å². The number of nitrogens with one attached hydrogen (secondary N) is 1. The third-order valence-electron chi connectivity index (χ3n) is 3.78. The van der Waals surface area contributed by atoms with Crippen LogP contribution in [0.3, 0.4) is 0 Å². The van der Waals surface area contributed by atoms with Gasteiger partial charge in [-0.15, -0.1) is 0 Å². The fraction of sp³-hybridized carbons (Fsp3) is 0.158. The van der Waals surface area contributed by atoms with Crippen LogP contribution in [0.4, 0.5) is 36.3 Å². The van der Waals surface area contributed by atoms with Crippen LogP contribution in [-0.4, -0.2) is 16.5 Å². The summed E-state index contributed by atoms with van der Waals surface area (Å²) in [7, 11) is 0. The zero-order valence-corrected chi connectivity index (χ0v) is 14.3. The normalized spacial score (nSPS) is 10.7. The maximum Gasteiger partial charge on any atom is 0.229 e. The number of aryl methyl sites for hydroxylation is 1. The van der Waals surface area contributed by atoms with Crippen LogP contribution in [0.2, 0.25) is 0 Å². The lowest BCUT2D eigenvalue weighted by atomic mass is 10.2. The summed E-state index contributed by atoms with van der Waals surface area (Å²) < 4.78 is 40.4. The molecule has 1 aromatic heterocycles. The number of halogens is 3. The molecule has 0 fully saturated rings. The van der Waals surface area contributed by atoms with Crippen LogP contribution >= 0.6 is 0 Å². The van der Waals surface area contributed by atoms with Gasteiger partial charge in [-0.05, 0) is 38.1 Å². The Kier molecular flexibility index (Phi) is 5.06. The molecule has 0 saturated carbocycles. The van der Waals surface area contributed by atoms with E-state index in [2.05, 4.69) is 15.3 Å². The van der Waals surface area contributed by atoms with Gasteiger partial charge in [-0.3, -0.25) is 0 Å². The largest absolute Gasteiger partial charge is 0.326 e. The summed E-state index contributed by atoms with van der Waals surface area (Å²) in [4.78, 5) is 10.6. The average Bonchev–Trinajstić information content (AvgIpc) is 2.63. The fourth-order valence-corrected chi connectivity index (χ4v) is 2.57. The molecule has 0 aliphatic rings. The van der Waals surface area contributed by atoms with Crippen molar-refractivity contribution in [1.82, 2.24) is 9.97 Å². The van der Waals surface area contributed by atoms with Gasteiger partial charge in [0.2, 0.25) is 5.95 Å². The molecule has 0 aliphatic carbocycles. The van der Waals surface area contributed by atoms with Gasteiger partial charge in [-0.25, -0.2) is 18.2 Å². The van der Waals surface area contributed by atoms with Crippen LogP contribution in [0.1, 0.15) is 12.6 Å². The first-order chi connectivity index (χ1) is 12.5. The van der Waals surface area contributed by atoms with Crippen molar-refractivity contribution in [2.75, 3.05) is 16.8 Å². The molecule has 0 radical (unpaired) electrons. The minimum atomic E-state index is -1.54. The summed E-state index contributed by atoms with van der Waals surface area (Å²) in [5.41, 5.74) is 1.36. The zero-order chi connectivity index (χ0) is 18.7. The topological polar surface area (TPSA) is 41.1 Å². The highest BCUT2D eigenvalue weighted by Crippen LogP contribution is 2.26. The van der Waals surface area contributed by atoms with Gasteiger partial charge in [-0.2, -0.15) is 4.98 Å². The predicted molar refractivity (Wildman–Crippen MR) is 95.5 cm³/mol. The molecule has 3 rings (SSSR count). The van der Waals surface area contributed by atoms with Gasteiger partial charge in [0.15, 0.2) is 17.5 Å². The summed E-state index contributed by atoms with van der Waals surface area (Å²) in [5, 5.41) is 2.62. The smallest absolute Gasteiger partial charge is 0.229 e. The first-order valence-corrected chi connectivity index (χ1v) is 8.08. The van der Waals surface area contributed by atoms with Crippen LogP contribution in [-0.2, 0) is 0 Å². The lowest BCUT2D eigenvalue weighted by molar-refractivity contribution is 0.449. The summed E-state index contributed by atoms with van der Waals surface area (Å²) in [6.07, 6.45) is 0. The molecule has 0 bridgehead atoms. The number of para-hydroxylation sites is 1. The van der Waals surface area contributed by atoms with Crippen molar-refractivity contribution in [3.8, 4) is 0 Å². The highest BCUT2D eigenvalue weighted by atomic mass is 19.2. The predicted octanol–water partition coefficient (Wildman–Crippen LogP) is 5.10. The van der Waals surface area contributed by atoms with E-state index in [9.17, 15) is 13.2 Å². The molecule has 1 N–H and O–H groups in total. The van der Waals surface area contributed by atoms with Crippen LogP contribution in [0.15, 0.2) is 48.5 Å². The molecule has 0 spiro atoms. The van der Waals surface area contributed by atoms with Crippen molar-refractivity contribution in [2.45, 2.75) is 13.8 Å². The van der Waals surface area contributed by atoms with E-state index in [4.69, 9.17) is 0 Å². The Hall–Kier alpha value is -3.09. The Labute approximate surface area is 149 Å². The van der Waals surface area contributed by atoms with E-state index >= 15 is 0 Å². The van der Waals surface area contributed by atoms with Crippen molar-refractivity contribution < 1.29 is 13.2 Å². The summed E-state index contributed by atoms with van der Waals surface area (Å²) in [5.74, 6) is -3.40.